The van der Waals surface area contributed by atoms with Crippen LogP contribution in [-0.4, -0.2) is 15.0 Å². The van der Waals surface area contributed by atoms with Crippen LogP contribution in [0.25, 0.3) is 121 Å². The molecule has 0 amide bonds. The summed E-state index contributed by atoms with van der Waals surface area (Å²) in [5, 5.41) is 10.8. The van der Waals surface area contributed by atoms with Gasteiger partial charge in [-0.15, -0.1) is 0 Å². The number of hydrogen-bond donors (Lipinski definition) is 0. The van der Waals surface area contributed by atoms with Crippen molar-refractivity contribution in [1.82, 2.24) is 15.0 Å². The summed E-state index contributed by atoms with van der Waals surface area (Å²) in [4.78, 5) is 16.6. The number of hydrogen-bond acceptors (Lipinski definition) is 3. The first kappa shape index (κ1) is 34.1. The van der Waals surface area contributed by atoms with Crippen molar-refractivity contribution in [2.45, 2.75) is 0 Å². The third-order valence-electron chi connectivity index (χ3n) is 12.0. The number of benzene rings is 10. The molecule has 0 aliphatic heterocycles. The molecule has 0 aliphatic carbocycles. The van der Waals surface area contributed by atoms with E-state index in [0.717, 1.165) is 83.2 Å². The highest BCUT2D eigenvalue weighted by Gasteiger charge is 2.22. The first-order valence-electron chi connectivity index (χ1n) is 20.4. The number of pyridine rings is 1. The Morgan fingerprint density at radius 2 is 0.667 bits per heavy atom. The van der Waals surface area contributed by atoms with Crippen LogP contribution in [0.1, 0.15) is 0 Å². The fourth-order valence-corrected chi connectivity index (χ4v) is 9.22. The summed E-state index contributed by atoms with van der Waals surface area (Å²) in [7, 11) is 0. The van der Waals surface area contributed by atoms with Crippen LogP contribution in [0.15, 0.2) is 212 Å². The zero-order valence-corrected chi connectivity index (χ0v) is 32.5. The monoisotopic (exact) mass is 761 g/mol. The topological polar surface area (TPSA) is 38.7 Å². The maximum Gasteiger partial charge on any atom is 0.0995 e. The molecule has 10 aromatic carbocycles. The summed E-state index contributed by atoms with van der Waals surface area (Å²) in [6.07, 6.45) is 0. The first-order chi connectivity index (χ1) is 29.8. The molecule has 0 fully saturated rings. The Balaban J connectivity index is 1.12. The molecule has 12 rings (SSSR count). The third-order valence-corrected chi connectivity index (χ3v) is 12.0. The van der Waals surface area contributed by atoms with E-state index in [0.29, 0.717) is 0 Å². The minimum Gasteiger partial charge on any atom is -0.247 e. The minimum atomic E-state index is 0.825. The Bertz CT molecular complexity index is 3580. The highest BCUT2D eigenvalue weighted by molar-refractivity contribution is 6.27. The van der Waals surface area contributed by atoms with Crippen molar-refractivity contribution in [1.29, 1.82) is 0 Å². The largest absolute Gasteiger partial charge is 0.247 e. The van der Waals surface area contributed by atoms with E-state index in [-0.39, 0.29) is 0 Å². The average Bonchev–Trinajstić information content (AvgIpc) is 3.33. The van der Waals surface area contributed by atoms with Gasteiger partial charge in [-0.25, -0.2) is 15.0 Å². The van der Waals surface area contributed by atoms with E-state index in [2.05, 4.69) is 200 Å². The molecule has 3 nitrogen and oxygen atoms in total. The van der Waals surface area contributed by atoms with Gasteiger partial charge in [0.1, 0.15) is 0 Å². The van der Waals surface area contributed by atoms with E-state index in [4.69, 9.17) is 15.0 Å². The van der Waals surface area contributed by atoms with Crippen LogP contribution in [0, 0.1) is 0 Å². The fourth-order valence-electron chi connectivity index (χ4n) is 9.22. The smallest absolute Gasteiger partial charge is 0.0995 e. The van der Waals surface area contributed by atoms with Gasteiger partial charge < -0.3 is 0 Å². The molecule has 0 atom stereocenters. The molecule has 0 saturated heterocycles. The summed E-state index contributed by atoms with van der Waals surface area (Å²) in [5.41, 5.74) is 12.8. The SMILES string of the molecule is c1ccc(-c2nc3cc(-c4ccccc4)c4c5ccccc5nc(-c5ccc(-c6ccc7c8ccccc8c8ccccc8c7c6)cc5)c4c3nc2-c2ccccc2)cc1. The Morgan fingerprint density at radius 1 is 0.233 bits per heavy atom. The molecule has 0 saturated carbocycles. The maximum atomic E-state index is 5.62. The van der Waals surface area contributed by atoms with E-state index in [1.807, 2.05) is 12.1 Å². The highest BCUT2D eigenvalue weighted by Crippen LogP contribution is 2.44. The Labute approximate surface area is 346 Å². The lowest BCUT2D eigenvalue weighted by molar-refractivity contribution is 1.30. The Kier molecular flexibility index (Phi) is 7.85. The van der Waals surface area contributed by atoms with Gasteiger partial charge in [-0.05, 0) is 72.8 Å². The predicted octanol–water partition coefficient (Wildman–Crippen LogP) is 15.1. The molecule has 2 aromatic heterocycles. The molecule has 12 aromatic rings. The van der Waals surface area contributed by atoms with Gasteiger partial charge in [0.15, 0.2) is 0 Å². The molecule has 278 valence electrons. The molecule has 0 unspecified atom stereocenters. The second-order valence-corrected chi connectivity index (χ2v) is 15.5. The van der Waals surface area contributed by atoms with E-state index in [9.17, 15) is 0 Å². The van der Waals surface area contributed by atoms with Gasteiger partial charge in [0.05, 0.1) is 33.6 Å². The van der Waals surface area contributed by atoms with Gasteiger partial charge >= 0.3 is 0 Å². The van der Waals surface area contributed by atoms with Crippen molar-refractivity contribution in [2.75, 3.05) is 0 Å². The molecule has 0 bridgehead atoms. The molecular formula is C57H35N3. The van der Waals surface area contributed by atoms with Crippen molar-refractivity contribution < 1.29 is 0 Å². The van der Waals surface area contributed by atoms with Crippen molar-refractivity contribution in [3.05, 3.63) is 212 Å². The van der Waals surface area contributed by atoms with Crippen molar-refractivity contribution in [3.63, 3.8) is 0 Å². The van der Waals surface area contributed by atoms with Gasteiger partial charge in [0.2, 0.25) is 0 Å². The van der Waals surface area contributed by atoms with Crippen LogP contribution in [0.3, 0.4) is 0 Å². The highest BCUT2D eigenvalue weighted by atomic mass is 14.8. The van der Waals surface area contributed by atoms with Crippen LogP contribution in [0.2, 0.25) is 0 Å². The molecule has 0 aliphatic rings. The molecule has 0 N–H and O–H groups in total. The number of para-hydroxylation sites is 1. The molecular weight excluding hydrogens is 727 g/mol. The normalized spacial score (nSPS) is 11.7. The summed E-state index contributed by atoms with van der Waals surface area (Å²) in [6.45, 7) is 0. The third kappa shape index (κ3) is 5.48. The molecule has 0 radical (unpaired) electrons. The van der Waals surface area contributed by atoms with Gasteiger partial charge in [-0.2, -0.15) is 0 Å². The predicted molar refractivity (Wildman–Crippen MR) is 252 cm³/mol. The Morgan fingerprint density at radius 3 is 1.28 bits per heavy atom. The second kappa shape index (κ2) is 13.8. The summed E-state index contributed by atoms with van der Waals surface area (Å²) >= 11 is 0. The van der Waals surface area contributed by atoms with E-state index in [1.54, 1.807) is 0 Å². The number of nitrogens with zero attached hydrogens (tertiary/aromatic N) is 3. The van der Waals surface area contributed by atoms with Crippen LogP contribution in [0.5, 0.6) is 0 Å². The van der Waals surface area contributed by atoms with Crippen molar-refractivity contribution >= 4 is 65.0 Å². The van der Waals surface area contributed by atoms with Crippen LogP contribution in [0.4, 0.5) is 0 Å². The van der Waals surface area contributed by atoms with Gasteiger partial charge in [-0.1, -0.05) is 194 Å². The van der Waals surface area contributed by atoms with Gasteiger partial charge in [0.25, 0.3) is 0 Å². The lowest BCUT2D eigenvalue weighted by Gasteiger charge is -2.18. The number of fused-ring (bicyclic) bond motifs is 11. The fraction of sp³-hybridized carbons (Fsp3) is 0. The zero-order chi connectivity index (χ0) is 39.6. The van der Waals surface area contributed by atoms with E-state index in [1.165, 1.54) is 37.9 Å². The maximum absolute atomic E-state index is 5.62. The molecule has 2 heterocycles. The van der Waals surface area contributed by atoms with Crippen molar-refractivity contribution in [2.24, 2.45) is 0 Å². The number of rotatable bonds is 5. The summed E-state index contributed by atoms with van der Waals surface area (Å²) < 4.78 is 0. The van der Waals surface area contributed by atoms with Crippen LogP contribution >= 0.6 is 0 Å². The quantitative estimate of drug-likeness (QED) is 0.164. The summed E-state index contributed by atoms with van der Waals surface area (Å²) in [6, 6.07) is 75.5. The molecule has 60 heavy (non-hydrogen) atoms. The molecule has 0 spiro atoms. The lowest BCUT2D eigenvalue weighted by atomic mass is 9.90. The van der Waals surface area contributed by atoms with Crippen LogP contribution in [-0.2, 0) is 0 Å². The molecule has 3 heteroatoms. The van der Waals surface area contributed by atoms with E-state index < -0.39 is 0 Å². The van der Waals surface area contributed by atoms with Crippen molar-refractivity contribution in [3.8, 4) is 56.0 Å². The van der Waals surface area contributed by atoms with Gasteiger partial charge in [-0.3, -0.25) is 0 Å². The lowest BCUT2D eigenvalue weighted by Crippen LogP contribution is -2.00. The zero-order valence-electron chi connectivity index (χ0n) is 32.5. The second-order valence-electron chi connectivity index (χ2n) is 15.5. The summed E-state index contributed by atoms with van der Waals surface area (Å²) in [5.74, 6) is 0. The minimum absolute atomic E-state index is 0.825. The van der Waals surface area contributed by atoms with Crippen LogP contribution < -0.4 is 0 Å². The standard InChI is InChI=1S/C57H35N3/c1-4-16-37(17-5-1)48-35-51-57(60-56(39-20-8-3-9-21-39)55(59-51)38-18-6-2-7-19-38)53-52(48)47-26-14-15-27-50(47)58-54(53)40-30-28-36(29-31-40)41-32-33-46-44-24-11-10-22-42(44)43-23-12-13-25-45(43)49(46)34-41/h1-35H. The Hall–Kier alpha value is -8.01. The number of aromatic nitrogens is 3. The first-order valence-corrected chi connectivity index (χ1v) is 20.4. The van der Waals surface area contributed by atoms with E-state index >= 15 is 0 Å². The average molecular weight is 762 g/mol. The van der Waals surface area contributed by atoms with Gasteiger partial charge in [0, 0.05) is 32.8 Å².